The maximum Gasteiger partial charge on any atom is 0.274 e. The van der Waals surface area contributed by atoms with Crippen molar-refractivity contribution in [1.82, 2.24) is 14.7 Å². The van der Waals surface area contributed by atoms with E-state index < -0.39 is 0 Å². The van der Waals surface area contributed by atoms with Crippen LogP contribution in [0.4, 0.5) is 0 Å². The molecule has 1 aliphatic rings. The van der Waals surface area contributed by atoms with Crippen molar-refractivity contribution in [3.8, 4) is 0 Å². The van der Waals surface area contributed by atoms with Gasteiger partial charge in [-0.1, -0.05) is 44.2 Å². The lowest BCUT2D eigenvalue weighted by Gasteiger charge is -2.31. The Morgan fingerprint density at radius 1 is 1.07 bits per heavy atom. The standard InChI is InChI=1S/C23H31N3O2/c1-16(2)20-15-19(24-26(20)23(3,4)5)22(28)25-13-11-18(12-14-25)21(27)17-9-7-6-8-10-17/h6-10,15-16,18H,11-14H2,1-5H3. The van der Waals surface area contributed by atoms with Crippen molar-refractivity contribution in [2.75, 3.05) is 13.1 Å². The first kappa shape index (κ1) is 20.3. The Hall–Kier alpha value is -2.43. The van der Waals surface area contributed by atoms with Crippen molar-refractivity contribution >= 4 is 11.7 Å². The molecule has 0 radical (unpaired) electrons. The fraction of sp³-hybridized carbons (Fsp3) is 0.522. The number of carbonyl (C=O) groups is 2. The van der Waals surface area contributed by atoms with Gasteiger partial charge in [0.15, 0.2) is 11.5 Å². The predicted molar refractivity (Wildman–Crippen MR) is 111 cm³/mol. The Balaban J connectivity index is 1.70. The number of ketones is 1. The van der Waals surface area contributed by atoms with E-state index in [2.05, 4.69) is 39.7 Å². The third kappa shape index (κ3) is 4.18. The molecular formula is C23H31N3O2. The zero-order valence-electron chi connectivity index (χ0n) is 17.6. The van der Waals surface area contributed by atoms with Gasteiger partial charge in [-0.25, -0.2) is 0 Å². The lowest BCUT2D eigenvalue weighted by molar-refractivity contribution is 0.0644. The van der Waals surface area contributed by atoms with E-state index in [4.69, 9.17) is 0 Å². The van der Waals surface area contributed by atoms with Crippen molar-refractivity contribution < 1.29 is 9.59 Å². The highest BCUT2D eigenvalue weighted by atomic mass is 16.2. The van der Waals surface area contributed by atoms with Crippen molar-refractivity contribution in [2.45, 2.75) is 58.9 Å². The van der Waals surface area contributed by atoms with E-state index in [1.165, 1.54) is 0 Å². The zero-order chi connectivity index (χ0) is 20.5. The number of piperidine rings is 1. The lowest BCUT2D eigenvalue weighted by atomic mass is 9.89. The minimum absolute atomic E-state index is 0.00944. The molecule has 5 heteroatoms. The monoisotopic (exact) mass is 381 g/mol. The molecule has 2 aromatic rings. The Kier molecular flexibility index (Phi) is 5.73. The third-order valence-electron chi connectivity index (χ3n) is 5.39. The Morgan fingerprint density at radius 2 is 1.68 bits per heavy atom. The summed E-state index contributed by atoms with van der Waals surface area (Å²) in [7, 11) is 0. The number of rotatable bonds is 4. The zero-order valence-corrected chi connectivity index (χ0v) is 17.6. The van der Waals surface area contributed by atoms with Crippen LogP contribution < -0.4 is 0 Å². The second-order valence-corrected chi connectivity index (χ2v) is 8.99. The number of carbonyl (C=O) groups excluding carboxylic acids is 2. The first-order chi connectivity index (χ1) is 13.2. The van der Waals surface area contributed by atoms with E-state index in [0.29, 0.717) is 37.5 Å². The van der Waals surface area contributed by atoms with Crippen LogP contribution in [0.25, 0.3) is 0 Å². The Labute approximate surface area is 167 Å². The average molecular weight is 382 g/mol. The normalized spacial score (nSPS) is 15.9. The van der Waals surface area contributed by atoms with Gasteiger partial charge < -0.3 is 4.90 Å². The largest absolute Gasteiger partial charge is 0.337 e. The van der Waals surface area contributed by atoms with Gasteiger partial charge in [0.25, 0.3) is 5.91 Å². The molecule has 0 saturated carbocycles. The van der Waals surface area contributed by atoms with Crippen LogP contribution in [0.3, 0.4) is 0 Å². The van der Waals surface area contributed by atoms with Gasteiger partial charge in [-0.3, -0.25) is 14.3 Å². The highest BCUT2D eigenvalue weighted by Gasteiger charge is 2.31. The maximum atomic E-state index is 13.0. The minimum Gasteiger partial charge on any atom is -0.337 e. The second kappa shape index (κ2) is 7.90. The number of likely N-dealkylation sites (tertiary alicyclic amines) is 1. The molecule has 1 aromatic heterocycles. The molecule has 0 unspecified atom stereocenters. The molecule has 3 rings (SSSR count). The van der Waals surface area contributed by atoms with Crippen LogP contribution in [0.5, 0.6) is 0 Å². The van der Waals surface area contributed by atoms with Gasteiger partial charge in [0.2, 0.25) is 0 Å². The molecule has 1 aliphatic heterocycles. The van der Waals surface area contributed by atoms with Crippen LogP contribution in [0.15, 0.2) is 36.4 Å². The summed E-state index contributed by atoms with van der Waals surface area (Å²) in [6.07, 6.45) is 1.41. The average Bonchev–Trinajstić information content (AvgIpc) is 3.14. The molecule has 2 heterocycles. The van der Waals surface area contributed by atoms with E-state index in [1.54, 1.807) is 0 Å². The molecule has 1 fully saturated rings. The van der Waals surface area contributed by atoms with E-state index in [1.807, 2.05) is 46.0 Å². The molecule has 0 aliphatic carbocycles. The Bertz CT molecular complexity index is 838. The molecule has 0 atom stereocenters. The van der Waals surface area contributed by atoms with Gasteiger partial charge in [-0.05, 0) is 45.6 Å². The molecular weight excluding hydrogens is 350 g/mol. The SMILES string of the molecule is CC(C)c1cc(C(=O)N2CCC(C(=O)c3ccccc3)CC2)nn1C(C)(C)C. The van der Waals surface area contributed by atoms with Crippen molar-refractivity contribution in [3.05, 3.63) is 53.3 Å². The number of aromatic nitrogens is 2. The van der Waals surface area contributed by atoms with Crippen LogP contribution in [0.2, 0.25) is 0 Å². The van der Waals surface area contributed by atoms with Gasteiger partial charge in [-0.15, -0.1) is 0 Å². The molecule has 0 spiro atoms. The van der Waals surface area contributed by atoms with Crippen LogP contribution in [0, 0.1) is 5.92 Å². The fourth-order valence-electron chi connectivity index (χ4n) is 3.79. The van der Waals surface area contributed by atoms with Gasteiger partial charge >= 0.3 is 0 Å². The maximum absolute atomic E-state index is 13.0. The molecule has 1 amide bonds. The van der Waals surface area contributed by atoms with Crippen LogP contribution >= 0.6 is 0 Å². The molecule has 28 heavy (non-hydrogen) atoms. The summed E-state index contributed by atoms with van der Waals surface area (Å²) in [5.41, 5.74) is 2.17. The first-order valence-corrected chi connectivity index (χ1v) is 10.2. The Morgan fingerprint density at radius 3 is 2.18 bits per heavy atom. The lowest BCUT2D eigenvalue weighted by Crippen LogP contribution is -2.40. The summed E-state index contributed by atoms with van der Waals surface area (Å²) in [4.78, 5) is 27.5. The van der Waals surface area contributed by atoms with Crippen molar-refractivity contribution in [1.29, 1.82) is 0 Å². The summed E-state index contributed by atoms with van der Waals surface area (Å²) < 4.78 is 1.97. The highest BCUT2D eigenvalue weighted by Crippen LogP contribution is 2.26. The molecule has 1 saturated heterocycles. The number of amides is 1. The van der Waals surface area contributed by atoms with Gasteiger partial charge in [0.05, 0.1) is 5.54 Å². The number of benzene rings is 1. The van der Waals surface area contributed by atoms with Crippen LogP contribution in [-0.2, 0) is 5.54 Å². The second-order valence-electron chi connectivity index (χ2n) is 8.99. The third-order valence-corrected chi connectivity index (χ3v) is 5.39. The van der Waals surface area contributed by atoms with Crippen LogP contribution in [-0.4, -0.2) is 39.5 Å². The van der Waals surface area contributed by atoms with Gasteiger partial charge in [-0.2, -0.15) is 5.10 Å². The van der Waals surface area contributed by atoms with Crippen molar-refractivity contribution in [3.63, 3.8) is 0 Å². The molecule has 5 nitrogen and oxygen atoms in total. The van der Waals surface area contributed by atoms with Gasteiger partial charge in [0.1, 0.15) is 0 Å². The molecule has 150 valence electrons. The molecule has 0 bridgehead atoms. The smallest absolute Gasteiger partial charge is 0.274 e. The molecule has 1 aromatic carbocycles. The summed E-state index contributed by atoms with van der Waals surface area (Å²) in [5, 5.41) is 4.64. The molecule has 0 N–H and O–H groups in total. The summed E-state index contributed by atoms with van der Waals surface area (Å²) in [6, 6.07) is 11.4. The summed E-state index contributed by atoms with van der Waals surface area (Å²) >= 11 is 0. The highest BCUT2D eigenvalue weighted by molar-refractivity contribution is 5.98. The topological polar surface area (TPSA) is 55.2 Å². The van der Waals surface area contributed by atoms with E-state index in [-0.39, 0.29) is 23.1 Å². The van der Waals surface area contributed by atoms with E-state index in [0.717, 1.165) is 11.3 Å². The minimum atomic E-state index is -0.173. The number of hydrogen-bond acceptors (Lipinski definition) is 3. The van der Waals surface area contributed by atoms with Gasteiger partial charge in [0, 0.05) is 30.3 Å². The van der Waals surface area contributed by atoms with Crippen molar-refractivity contribution in [2.24, 2.45) is 5.92 Å². The van der Waals surface area contributed by atoms with E-state index >= 15 is 0 Å². The number of nitrogens with zero attached hydrogens (tertiary/aromatic N) is 3. The van der Waals surface area contributed by atoms with Crippen LogP contribution in [0.1, 0.15) is 79.9 Å². The van der Waals surface area contributed by atoms with E-state index in [9.17, 15) is 9.59 Å². The number of hydrogen-bond donors (Lipinski definition) is 0. The summed E-state index contributed by atoms with van der Waals surface area (Å²) in [6.45, 7) is 11.7. The summed E-state index contributed by atoms with van der Waals surface area (Å²) in [5.74, 6) is 0.439. The quantitative estimate of drug-likeness (QED) is 0.733. The number of Topliss-reactive ketones (excluding diaryl/α,β-unsaturated/α-hetero) is 1. The predicted octanol–water partition coefficient (Wildman–Crippen LogP) is 4.50. The fourth-order valence-corrected chi connectivity index (χ4v) is 3.79. The first-order valence-electron chi connectivity index (χ1n) is 10.2.